The van der Waals surface area contributed by atoms with Gasteiger partial charge < -0.3 is 15.4 Å². The number of carbonyl (C=O) groups is 1. The van der Waals surface area contributed by atoms with E-state index in [4.69, 9.17) is 9.88 Å². The predicted octanol–water partition coefficient (Wildman–Crippen LogP) is -0.814. The van der Waals surface area contributed by atoms with Crippen molar-refractivity contribution in [1.82, 2.24) is 10.6 Å². The minimum absolute atomic E-state index is 0.0498. The number of amides is 1. The summed E-state index contributed by atoms with van der Waals surface area (Å²) in [6.45, 7) is 1.68. The van der Waals surface area contributed by atoms with Crippen LogP contribution < -0.4 is 15.8 Å². The van der Waals surface area contributed by atoms with Crippen LogP contribution in [0, 0.1) is 0 Å². The summed E-state index contributed by atoms with van der Waals surface area (Å²) in [6, 6.07) is 6.04. The lowest BCUT2D eigenvalue weighted by atomic mass is 10.2. The van der Waals surface area contributed by atoms with Crippen molar-refractivity contribution in [2.75, 3.05) is 26.8 Å². The van der Waals surface area contributed by atoms with Gasteiger partial charge in [0.1, 0.15) is 0 Å². The number of primary sulfonamides is 1. The molecule has 0 atom stereocenters. The summed E-state index contributed by atoms with van der Waals surface area (Å²) in [5.74, 6) is -0.142. The van der Waals surface area contributed by atoms with E-state index in [1.54, 1.807) is 19.2 Å². The van der Waals surface area contributed by atoms with E-state index in [2.05, 4.69) is 10.6 Å². The molecule has 0 aromatic heterocycles. The van der Waals surface area contributed by atoms with Crippen LogP contribution in [-0.4, -0.2) is 41.1 Å². The molecule has 0 spiro atoms. The van der Waals surface area contributed by atoms with Crippen LogP contribution in [0.3, 0.4) is 0 Å². The van der Waals surface area contributed by atoms with E-state index in [-0.39, 0.29) is 17.3 Å². The summed E-state index contributed by atoms with van der Waals surface area (Å²) in [6.07, 6.45) is 0. The minimum Gasteiger partial charge on any atom is -0.383 e. The zero-order chi connectivity index (χ0) is 15.0. The van der Waals surface area contributed by atoms with E-state index in [1.807, 2.05) is 0 Å². The highest BCUT2D eigenvalue weighted by atomic mass is 32.2. The molecule has 7 nitrogen and oxygen atoms in total. The quantitative estimate of drug-likeness (QED) is 0.544. The van der Waals surface area contributed by atoms with Gasteiger partial charge in [0.2, 0.25) is 15.9 Å². The van der Waals surface area contributed by atoms with Gasteiger partial charge in [-0.1, -0.05) is 12.1 Å². The lowest BCUT2D eigenvalue weighted by Gasteiger charge is -2.07. The Labute approximate surface area is 118 Å². The highest BCUT2D eigenvalue weighted by Gasteiger charge is 2.07. The van der Waals surface area contributed by atoms with Crippen LogP contribution in [0.2, 0.25) is 0 Å². The third-order valence-corrected chi connectivity index (χ3v) is 3.44. The molecule has 0 saturated carbocycles. The Morgan fingerprint density at radius 3 is 2.50 bits per heavy atom. The summed E-state index contributed by atoms with van der Waals surface area (Å²) in [5, 5.41) is 10.6. The fourth-order valence-corrected chi connectivity index (χ4v) is 1.95. The average Bonchev–Trinajstić information content (AvgIpc) is 2.41. The van der Waals surface area contributed by atoms with E-state index < -0.39 is 10.0 Å². The van der Waals surface area contributed by atoms with Gasteiger partial charge in [0.05, 0.1) is 18.0 Å². The highest BCUT2D eigenvalue weighted by Crippen LogP contribution is 2.08. The van der Waals surface area contributed by atoms with Crippen LogP contribution in [-0.2, 0) is 26.1 Å². The number of ether oxygens (including phenoxy) is 1. The van der Waals surface area contributed by atoms with E-state index >= 15 is 0 Å². The van der Waals surface area contributed by atoms with Crippen LogP contribution in [0.15, 0.2) is 29.2 Å². The Morgan fingerprint density at radius 2 is 1.95 bits per heavy atom. The number of benzene rings is 1. The predicted molar refractivity (Wildman–Crippen MR) is 74.4 cm³/mol. The van der Waals surface area contributed by atoms with Crippen molar-refractivity contribution in [1.29, 1.82) is 0 Å². The van der Waals surface area contributed by atoms with Crippen molar-refractivity contribution in [3.63, 3.8) is 0 Å². The fraction of sp³-hybridized carbons (Fsp3) is 0.417. The third kappa shape index (κ3) is 6.11. The molecule has 20 heavy (non-hydrogen) atoms. The second-order valence-electron chi connectivity index (χ2n) is 4.14. The molecule has 0 aliphatic rings. The molecule has 112 valence electrons. The summed E-state index contributed by atoms with van der Waals surface area (Å²) in [7, 11) is -2.09. The standard InChI is InChI=1S/C12H19N3O4S/c1-19-7-6-14-9-12(16)15-8-10-2-4-11(5-3-10)20(13,17)18/h2-5,14H,6-9H2,1H3,(H,15,16)(H2,13,17,18). The van der Waals surface area contributed by atoms with Gasteiger partial charge in [0.25, 0.3) is 0 Å². The molecule has 0 saturated heterocycles. The number of hydrogen-bond acceptors (Lipinski definition) is 5. The maximum Gasteiger partial charge on any atom is 0.238 e. The number of nitrogens with two attached hydrogens (primary N) is 1. The maximum absolute atomic E-state index is 11.5. The minimum atomic E-state index is -3.68. The summed E-state index contributed by atoms with van der Waals surface area (Å²) in [4.78, 5) is 11.5. The molecule has 1 aromatic carbocycles. The number of methoxy groups -OCH3 is 1. The molecular formula is C12H19N3O4S. The first-order chi connectivity index (χ1) is 9.43. The van der Waals surface area contributed by atoms with Crippen molar-refractivity contribution in [3.05, 3.63) is 29.8 Å². The van der Waals surface area contributed by atoms with E-state index in [1.165, 1.54) is 12.1 Å². The van der Waals surface area contributed by atoms with E-state index in [9.17, 15) is 13.2 Å². The maximum atomic E-state index is 11.5. The molecule has 0 unspecified atom stereocenters. The molecule has 0 radical (unpaired) electrons. The second-order valence-corrected chi connectivity index (χ2v) is 5.70. The molecule has 0 aliphatic carbocycles. The Balaban J connectivity index is 2.37. The normalized spacial score (nSPS) is 11.3. The molecule has 1 amide bonds. The SMILES string of the molecule is COCCNCC(=O)NCc1ccc(S(N)(=O)=O)cc1. The first kappa shape index (κ1) is 16.6. The molecule has 0 aliphatic heterocycles. The Morgan fingerprint density at radius 1 is 1.30 bits per heavy atom. The zero-order valence-corrected chi connectivity index (χ0v) is 12.1. The molecule has 4 N–H and O–H groups in total. The summed E-state index contributed by atoms with van der Waals surface area (Å²) >= 11 is 0. The first-order valence-electron chi connectivity index (χ1n) is 6.01. The van der Waals surface area contributed by atoms with Crippen molar-refractivity contribution < 1.29 is 17.9 Å². The Hall–Kier alpha value is -1.48. The average molecular weight is 301 g/mol. The molecule has 1 aromatic rings. The van der Waals surface area contributed by atoms with Gasteiger partial charge in [0.15, 0.2) is 0 Å². The number of nitrogens with one attached hydrogen (secondary N) is 2. The molecule has 8 heteroatoms. The van der Waals surface area contributed by atoms with Gasteiger partial charge in [-0.05, 0) is 17.7 Å². The molecule has 0 heterocycles. The fourth-order valence-electron chi connectivity index (χ4n) is 1.44. The van der Waals surface area contributed by atoms with Gasteiger partial charge in [-0.15, -0.1) is 0 Å². The van der Waals surface area contributed by atoms with Gasteiger partial charge >= 0.3 is 0 Å². The van der Waals surface area contributed by atoms with Crippen molar-refractivity contribution >= 4 is 15.9 Å². The summed E-state index contributed by atoms with van der Waals surface area (Å²) < 4.78 is 27.0. The number of sulfonamides is 1. The largest absolute Gasteiger partial charge is 0.383 e. The Bertz CT molecular complexity index is 528. The van der Waals surface area contributed by atoms with Crippen LogP contribution >= 0.6 is 0 Å². The monoisotopic (exact) mass is 301 g/mol. The van der Waals surface area contributed by atoms with E-state index in [0.29, 0.717) is 19.7 Å². The van der Waals surface area contributed by atoms with E-state index in [0.717, 1.165) is 5.56 Å². The highest BCUT2D eigenvalue weighted by molar-refractivity contribution is 7.89. The third-order valence-electron chi connectivity index (χ3n) is 2.51. The topological polar surface area (TPSA) is 111 Å². The molecule has 1 rings (SSSR count). The number of hydrogen-bond donors (Lipinski definition) is 3. The number of carbonyl (C=O) groups excluding carboxylic acids is 1. The van der Waals surface area contributed by atoms with Gasteiger partial charge in [-0.25, -0.2) is 13.6 Å². The molecule has 0 fully saturated rings. The van der Waals surface area contributed by atoms with Crippen LogP contribution in [0.25, 0.3) is 0 Å². The lowest BCUT2D eigenvalue weighted by molar-refractivity contribution is -0.120. The van der Waals surface area contributed by atoms with Crippen molar-refractivity contribution in [3.8, 4) is 0 Å². The van der Waals surface area contributed by atoms with Crippen LogP contribution in [0.1, 0.15) is 5.56 Å². The lowest BCUT2D eigenvalue weighted by Crippen LogP contribution is -2.34. The van der Waals surface area contributed by atoms with Crippen molar-refractivity contribution in [2.45, 2.75) is 11.4 Å². The molecular weight excluding hydrogens is 282 g/mol. The smallest absolute Gasteiger partial charge is 0.238 e. The zero-order valence-electron chi connectivity index (χ0n) is 11.3. The molecule has 0 bridgehead atoms. The van der Waals surface area contributed by atoms with Crippen LogP contribution in [0.4, 0.5) is 0 Å². The van der Waals surface area contributed by atoms with Crippen molar-refractivity contribution in [2.24, 2.45) is 5.14 Å². The Kier molecular flexibility index (Phi) is 6.59. The van der Waals surface area contributed by atoms with Gasteiger partial charge in [-0.3, -0.25) is 4.79 Å². The van der Waals surface area contributed by atoms with Gasteiger partial charge in [-0.2, -0.15) is 0 Å². The van der Waals surface area contributed by atoms with Crippen LogP contribution in [0.5, 0.6) is 0 Å². The number of rotatable bonds is 8. The summed E-state index contributed by atoms with van der Waals surface area (Å²) in [5.41, 5.74) is 0.794. The first-order valence-corrected chi connectivity index (χ1v) is 7.56. The second kappa shape index (κ2) is 7.95. The van der Waals surface area contributed by atoms with Gasteiger partial charge in [0, 0.05) is 20.2 Å².